The summed E-state index contributed by atoms with van der Waals surface area (Å²) in [4.78, 5) is 12.5. The van der Waals surface area contributed by atoms with Gasteiger partial charge in [0.15, 0.2) is 0 Å². The van der Waals surface area contributed by atoms with E-state index in [1.807, 2.05) is 6.07 Å². The number of amides is 1. The van der Waals surface area contributed by atoms with Crippen LogP contribution in [0.5, 0.6) is 5.75 Å². The Morgan fingerprint density at radius 2 is 1.85 bits per heavy atom. The minimum atomic E-state index is -4.52. The molecule has 0 aliphatic carbocycles. The smallest absolute Gasteiger partial charge is 0.416 e. The van der Waals surface area contributed by atoms with E-state index in [0.717, 1.165) is 17.7 Å². The molecule has 0 bridgehead atoms. The lowest BCUT2D eigenvalue weighted by Crippen LogP contribution is -2.30. The Kier molecular flexibility index (Phi) is 6.26. The molecule has 0 aromatic heterocycles. The number of hydrogen-bond donors (Lipinski definition) is 2. The molecule has 0 radical (unpaired) electrons. The summed E-state index contributed by atoms with van der Waals surface area (Å²) in [5.41, 5.74) is 5.99. The third kappa shape index (κ3) is 4.76. The Hall–Kier alpha value is -2.54. The van der Waals surface area contributed by atoms with E-state index in [1.54, 1.807) is 38.1 Å². The van der Waals surface area contributed by atoms with E-state index < -0.39 is 29.6 Å². The molecule has 2 rings (SSSR count). The molecule has 1 amide bonds. The molecule has 0 saturated carbocycles. The van der Waals surface area contributed by atoms with Crippen LogP contribution in [0.15, 0.2) is 48.5 Å². The predicted octanol–water partition coefficient (Wildman–Crippen LogP) is 4.38. The van der Waals surface area contributed by atoms with Crippen LogP contribution in [-0.2, 0) is 11.0 Å². The standard InChI is InChI=1S/C19H21F3N2O2/c1-3-26-16-10-9-14(19(20,21)22)11-15(16)24-18(25)12(2)17(23)13-7-5-4-6-8-13/h4-12,17H,3,23H2,1-2H3,(H,24,25). The maximum Gasteiger partial charge on any atom is 0.416 e. The molecule has 2 atom stereocenters. The molecule has 0 heterocycles. The summed E-state index contributed by atoms with van der Waals surface area (Å²) < 4.78 is 44.2. The normalized spacial score (nSPS) is 13.8. The van der Waals surface area contributed by atoms with Gasteiger partial charge in [-0.15, -0.1) is 0 Å². The van der Waals surface area contributed by atoms with Gasteiger partial charge in [-0.3, -0.25) is 4.79 Å². The lowest BCUT2D eigenvalue weighted by Gasteiger charge is -2.21. The molecule has 140 valence electrons. The van der Waals surface area contributed by atoms with Crippen LogP contribution in [0.2, 0.25) is 0 Å². The minimum Gasteiger partial charge on any atom is -0.492 e. The monoisotopic (exact) mass is 366 g/mol. The molecular formula is C19H21F3N2O2. The molecule has 3 N–H and O–H groups in total. The molecule has 26 heavy (non-hydrogen) atoms. The molecule has 0 aliphatic rings. The lowest BCUT2D eigenvalue weighted by molar-refractivity contribution is -0.137. The van der Waals surface area contributed by atoms with Crippen molar-refractivity contribution < 1.29 is 22.7 Å². The van der Waals surface area contributed by atoms with E-state index in [-0.39, 0.29) is 18.0 Å². The number of rotatable bonds is 6. The van der Waals surface area contributed by atoms with E-state index in [4.69, 9.17) is 10.5 Å². The molecule has 0 fully saturated rings. The highest BCUT2D eigenvalue weighted by atomic mass is 19.4. The van der Waals surface area contributed by atoms with E-state index in [0.29, 0.717) is 0 Å². The summed E-state index contributed by atoms with van der Waals surface area (Å²) in [6.45, 7) is 3.59. The van der Waals surface area contributed by atoms with Crippen molar-refractivity contribution in [1.29, 1.82) is 0 Å². The highest BCUT2D eigenvalue weighted by Crippen LogP contribution is 2.35. The number of nitrogens with one attached hydrogen (secondary N) is 1. The van der Waals surface area contributed by atoms with E-state index >= 15 is 0 Å². The first-order valence-electron chi connectivity index (χ1n) is 8.19. The van der Waals surface area contributed by atoms with Crippen molar-refractivity contribution in [1.82, 2.24) is 0 Å². The number of halogens is 3. The summed E-state index contributed by atoms with van der Waals surface area (Å²) in [5.74, 6) is -0.961. The van der Waals surface area contributed by atoms with E-state index in [9.17, 15) is 18.0 Å². The molecule has 0 aliphatic heterocycles. The van der Waals surface area contributed by atoms with E-state index in [2.05, 4.69) is 5.32 Å². The average Bonchev–Trinajstić information content (AvgIpc) is 2.61. The third-order valence-electron chi connectivity index (χ3n) is 4.00. The molecule has 2 aromatic rings. The van der Waals surface area contributed by atoms with Crippen LogP contribution in [0.1, 0.15) is 31.0 Å². The summed E-state index contributed by atoms with van der Waals surface area (Å²) in [7, 11) is 0. The first-order valence-corrected chi connectivity index (χ1v) is 8.19. The topological polar surface area (TPSA) is 64.3 Å². The van der Waals surface area contributed by atoms with Gasteiger partial charge in [0.25, 0.3) is 0 Å². The van der Waals surface area contributed by atoms with Gasteiger partial charge in [-0.25, -0.2) is 0 Å². The molecule has 0 spiro atoms. The maximum absolute atomic E-state index is 13.0. The van der Waals surface area contributed by atoms with Crippen LogP contribution in [0.25, 0.3) is 0 Å². The molecule has 2 aromatic carbocycles. The molecular weight excluding hydrogens is 345 g/mol. The zero-order valence-electron chi connectivity index (χ0n) is 14.5. The van der Waals surface area contributed by atoms with Crippen LogP contribution in [0.3, 0.4) is 0 Å². The van der Waals surface area contributed by atoms with Gasteiger partial charge >= 0.3 is 6.18 Å². The number of alkyl halides is 3. The quantitative estimate of drug-likeness (QED) is 0.797. The van der Waals surface area contributed by atoms with E-state index in [1.165, 1.54) is 6.07 Å². The molecule has 0 saturated heterocycles. The predicted molar refractivity (Wildman–Crippen MR) is 93.8 cm³/mol. The molecule has 7 heteroatoms. The Labute approximate surface area is 150 Å². The van der Waals surface area contributed by atoms with Crippen LogP contribution in [0, 0.1) is 5.92 Å². The lowest BCUT2D eigenvalue weighted by atomic mass is 9.94. The second kappa shape index (κ2) is 8.23. The first-order chi connectivity index (χ1) is 12.2. The number of carbonyl (C=O) groups excluding carboxylic acids is 1. The van der Waals surface area contributed by atoms with Crippen LogP contribution >= 0.6 is 0 Å². The third-order valence-corrected chi connectivity index (χ3v) is 4.00. The fourth-order valence-electron chi connectivity index (χ4n) is 2.46. The first kappa shape index (κ1) is 19.8. The van der Waals surface area contributed by atoms with Gasteiger partial charge in [-0.2, -0.15) is 13.2 Å². The zero-order chi connectivity index (χ0) is 19.3. The van der Waals surface area contributed by atoms with Crippen molar-refractivity contribution in [2.24, 2.45) is 11.7 Å². The SMILES string of the molecule is CCOc1ccc(C(F)(F)F)cc1NC(=O)C(C)C(N)c1ccccc1. The van der Waals surface area contributed by atoms with Gasteiger partial charge in [0.05, 0.1) is 23.8 Å². The van der Waals surface area contributed by atoms with Gasteiger partial charge in [-0.05, 0) is 30.7 Å². The van der Waals surface area contributed by atoms with Crippen LogP contribution in [0.4, 0.5) is 18.9 Å². The van der Waals surface area contributed by atoms with Crippen molar-refractivity contribution >= 4 is 11.6 Å². The summed E-state index contributed by atoms with van der Waals surface area (Å²) in [6, 6.07) is 11.4. The molecule has 4 nitrogen and oxygen atoms in total. The highest BCUT2D eigenvalue weighted by Gasteiger charge is 2.32. The number of ether oxygens (including phenoxy) is 1. The van der Waals surface area contributed by atoms with Crippen molar-refractivity contribution in [2.45, 2.75) is 26.1 Å². The fourth-order valence-corrected chi connectivity index (χ4v) is 2.46. The zero-order valence-corrected chi connectivity index (χ0v) is 14.5. The largest absolute Gasteiger partial charge is 0.492 e. The van der Waals surface area contributed by atoms with Crippen molar-refractivity contribution in [3.05, 3.63) is 59.7 Å². The summed E-state index contributed by atoms with van der Waals surface area (Å²) in [6.07, 6.45) is -4.52. The number of anilines is 1. The maximum atomic E-state index is 13.0. The number of hydrogen-bond acceptors (Lipinski definition) is 3. The second-order valence-electron chi connectivity index (χ2n) is 5.86. The van der Waals surface area contributed by atoms with Gasteiger partial charge in [0.2, 0.25) is 5.91 Å². The number of carbonyl (C=O) groups is 1. The minimum absolute atomic E-state index is 0.0289. The van der Waals surface area contributed by atoms with Crippen molar-refractivity contribution in [3.63, 3.8) is 0 Å². The second-order valence-corrected chi connectivity index (χ2v) is 5.86. The fraction of sp³-hybridized carbons (Fsp3) is 0.316. The number of nitrogens with two attached hydrogens (primary N) is 1. The average molecular weight is 366 g/mol. The van der Waals surface area contributed by atoms with Gasteiger partial charge < -0.3 is 15.8 Å². The Balaban J connectivity index is 2.23. The van der Waals surface area contributed by atoms with Gasteiger partial charge in [0, 0.05) is 6.04 Å². The van der Waals surface area contributed by atoms with Gasteiger partial charge in [0.1, 0.15) is 5.75 Å². The van der Waals surface area contributed by atoms with Crippen LogP contribution in [-0.4, -0.2) is 12.5 Å². The molecule has 2 unspecified atom stereocenters. The van der Waals surface area contributed by atoms with Crippen molar-refractivity contribution in [2.75, 3.05) is 11.9 Å². The Morgan fingerprint density at radius 3 is 2.42 bits per heavy atom. The number of benzene rings is 2. The summed E-state index contributed by atoms with van der Waals surface area (Å²) in [5, 5.41) is 2.51. The highest BCUT2D eigenvalue weighted by molar-refractivity contribution is 5.94. The van der Waals surface area contributed by atoms with Gasteiger partial charge in [-0.1, -0.05) is 37.3 Å². The summed E-state index contributed by atoms with van der Waals surface area (Å²) >= 11 is 0. The van der Waals surface area contributed by atoms with Crippen molar-refractivity contribution in [3.8, 4) is 5.75 Å². The Bertz CT molecular complexity index is 748. The van der Waals surface area contributed by atoms with Crippen LogP contribution < -0.4 is 15.8 Å². The Morgan fingerprint density at radius 1 is 1.19 bits per heavy atom.